The van der Waals surface area contributed by atoms with E-state index in [4.69, 9.17) is 0 Å². The second kappa shape index (κ2) is 2.48. The Morgan fingerprint density at radius 2 is 1.85 bits per heavy atom. The van der Waals surface area contributed by atoms with Crippen LogP contribution in [0.15, 0.2) is 12.4 Å². The Balaban J connectivity index is 2.00. The fourth-order valence-corrected chi connectivity index (χ4v) is 2.62. The molecule has 68 valence electrons. The minimum atomic E-state index is 0.364. The monoisotopic (exact) mass is 176 g/mol. The molecule has 0 aliphatic carbocycles. The van der Waals surface area contributed by atoms with Crippen LogP contribution in [0.3, 0.4) is 0 Å². The predicted octanol–water partition coefficient (Wildman–Crippen LogP) is 0.219. The van der Waals surface area contributed by atoms with Crippen LogP contribution in [0, 0.1) is 0 Å². The van der Waals surface area contributed by atoms with E-state index in [2.05, 4.69) is 20.3 Å². The first-order valence-electron chi connectivity index (χ1n) is 4.75. The molecule has 0 aromatic carbocycles. The van der Waals surface area contributed by atoms with Gasteiger partial charge in [0.1, 0.15) is 0 Å². The number of fused-ring (bicyclic) bond motifs is 2. The van der Waals surface area contributed by atoms with Crippen molar-refractivity contribution in [3.63, 3.8) is 0 Å². The molecule has 4 nitrogen and oxygen atoms in total. The maximum atomic E-state index is 3.86. The van der Waals surface area contributed by atoms with Crippen LogP contribution in [-0.2, 0) is 5.41 Å². The van der Waals surface area contributed by atoms with Crippen molar-refractivity contribution in [3.8, 4) is 0 Å². The third-order valence-corrected chi connectivity index (χ3v) is 3.45. The Morgan fingerprint density at radius 1 is 1.15 bits per heavy atom. The summed E-state index contributed by atoms with van der Waals surface area (Å²) in [6.45, 7) is 3.67. The Bertz CT molecular complexity index is 303. The lowest BCUT2D eigenvalue weighted by molar-refractivity contribution is 0.363. The highest BCUT2D eigenvalue weighted by Crippen LogP contribution is 2.42. The van der Waals surface area contributed by atoms with Crippen molar-refractivity contribution in [1.82, 2.24) is 20.3 Å². The third-order valence-electron chi connectivity index (χ3n) is 3.45. The number of aromatic nitrogens is 3. The summed E-state index contributed by atoms with van der Waals surface area (Å²) >= 11 is 0. The Morgan fingerprint density at radius 3 is 2.38 bits per heavy atom. The Kier molecular flexibility index (Phi) is 1.41. The number of hydrogen-bond donors (Lipinski definition) is 0. The van der Waals surface area contributed by atoms with E-state index in [1.807, 2.05) is 12.4 Å². The van der Waals surface area contributed by atoms with Gasteiger partial charge in [0.15, 0.2) is 0 Å². The van der Waals surface area contributed by atoms with Crippen molar-refractivity contribution in [3.05, 3.63) is 18.0 Å². The molecule has 0 atom stereocenters. The molecule has 0 N–H and O–H groups in total. The van der Waals surface area contributed by atoms with E-state index in [1.54, 1.807) is 0 Å². The second-order valence-corrected chi connectivity index (χ2v) is 4.09. The molecule has 1 aromatic rings. The van der Waals surface area contributed by atoms with E-state index in [1.165, 1.54) is 38.0 Å². The highest BCUT2D eigenvalue weighted by atomic mass is 15.3. The van der Waals surface area contributed by atoms with Gasteiger partial charge in [-0.3, -0.25) is 0 Å². The summed E-state index contributed by atoms with van der Waals surface area (Å²) in [5.41, 5.74) is 1.64. The molecule has 2 fully saturated rings. The van der Waals surface area contributed by atoms with Crippen LogP contribution in [0.4, 0.5) is 0 Å². The fraction of sp³-hybridized carbons (Fsp3) is 0.667. The zero-order chi connectivity index (χ0) is 8.73. The molecule has 3 heterocycles. The molecule has 1 aromatic heterocycles. The van der Waals surface area contributed by atoms with Gasteiger partial charge in [-0.1, -0.05) is 0 Å². The third kappa shape index (κ3) is 0.983. The molecule has 2 saturated heterocycles. The molecule has 2 aliphatic rings. The first-order valence-corrected chi connectivity index (χ1v) is 4.75. The number of nitrogens with zero attached hydrogens (tertiary/aromatic N) is 4. The number of rotatable bonds is 1. The van der Waals surface area contributed by atoms with Crippen LogP contribution in [0.1, 0.15) is 18.4 Å². The molecule has 0 radical (unpaired) electrons. The van der Waals surface area contributed by atoms with Crippen LogP contribution in [-0.4, -0.2) is 39.9 Å². The maximum absolute atomic E-state index is 3.86. The lowest BCUT2D eigenvalue weighted by Crippen LogP contribution is -2.24. The number of piperidine rings is 1. The van der Waals surface area contributed by atoms with Crippen LogP contribution in [0.2, 0.25) is 0 Å². The van der Waals surface area contributed by atoms with Crippen molar-refractivity contribution < 1.29 is 0 Å². The lowest BCUT2D eigenvalue weighted by Gasteiger charge is -2.24. The molecule has 0 unspecified atom stereocenters. The largest absolute Gasteiger partial charge is 0.302 e. The second-order valence-electron chi connectivity index (χ2n) is 4.09. The van der Waals surface area contributed by atoms with Crippen molar-refractivity contribution in [2.24, 2.45) is 0 Å². The molecular formula is C9H12N4. The van der Waals surface area contributed by atoms with Gasteiger partial charge in [0.25, 0.3) is 0 Å². The minimum Gasteiger partial charge on any atom is -0.302 e. The Hall–Kier alpha value is -1.03. The first kappa shape index (κ1) is 7.38. The molecule has 3 rings (SSSR count). The van der Waals surface area contributed by atoms with Gasteiger partial charge in [0, 0.05) is 17.5 Å². The van der Waals surface area contributed by atoms with E-state index >= 15 is 0 Å². The molecular weight excluding hydrogens is 164 g/mol. The van der Waals surface area contributed by atoms with Crippen molar-refractivity contribution in [2.75, 3.05) is 19.6 Å². The van der Waals surface area contributed by atoms with Gasteiger partial charge >= 0.3 is 0 Å². The molecule has 0 saturated carbocycles. The van der Waals surface area contributed by atoms with Gasteiger partial charge in [-0.25, -0.2) is 0 Å². The maximum Gasteiger partial charge on any atom is 0.0568 e. The molecule has 4 heteroatoms. The highest BCUT2D eigenvalue weighted by molar-refractivity contribution is 5.24. The van der Waals surface area contributed by atoms with E-state index in [0.29, 0.717) is 5.41 Å². The zero-order valence-corrected chi connectivity index (χ0v) is 7.48. The SMILES string of the molecule is c1nnncc1C12CCN(CC1)C2. The smallest absolute Gasteiger partial charge is 0.0568 e. The summed E-state index contributed by atoms with van der Waals surface area (Å²) in [5, 5.41) is 11.3. The highest BCUT2D eigenvalue weighted by Gasteiger charge is 2.45. The number of hydrogen-bond acceptors (Lipinski definition) is 4. The van der Waals surface area contributed by atoms with Gasteiger partial charge < -0.3 is 4.90 Å². The van der Waals surface area contributed by atoms with E-state index in [9.17, 15) is 0 Å². The zero-order valence-electron chi connectivity index (χ0n) is 7.48. The molecule has 2 aliphatic heterocycles. The molecule has 13 heavy (non-hydrogen) atoms. The van der Waals surface area contributed by atoms with Crippen LogP contribution < -0.4 is 0 Å². The normalized spacial score (nSPS) is 36.8. The molecule has 0 amide bonds. The quantitative estimate of drug-likeness (QED) is 0.614. The van der Waals surface area contributed by atoms with Gasteiger partial charge in [-0.2, -0.15) is 0 Å². The van der Waals surface area contributed by atoms with Crippen LogP contribution in [0.5, 0.6) is 0 Å². The average Bonchev–Trinajstić information content (AvgIpc) is 2.80. The van der Waals surface area contributed by atoms with Crippen LogP contribution in [0.25, 0.3) is 0 Å². The summed E-state index contributed by atoms with van der Waals surface area (Å²) in [4.78, 5) is 2.51. The molecule has 0 spiro atoms. The summed E-state index contributed by atoms with van der Waals surface area (Å²) in [5.74, 6) is 0. The van der Waals surface area contributed by atoms with Crippen molar-refractivity contribution in [2.45, 2.75) is 18.3 Å². The first-order chi connectivity index (χ1) is 6.39. The van der Waals surface area contributed by atoms with E-state index in [0.717, 1.165) is 0 Å². The summed E-state index contributed by atoms with van der Waals surface area (Å²) < 4.78 is 0. The predicted molar refractivity (Wildman–Crippen MR) is 47.2 cm³/mol. The van der Waals surface area contributed by atoms with Crippen molar-refractivity contribution in [1.29, 1.82) is 0 Å². The van der Waals surface area contributed by atoms with Gasteiger partial charge in [0.2, 0.25) is 0 Å². The fourth-order valence-electron chi connectivity index (χ4n) is 2.62. The van der Waals surface area contributed by atoms with Crippen molar-refractivity contribution >= 4 is 0 Å². The minimum absolute atomic E-state index is 0.364. The average molecular weight is 176 g/mol. The van der Waals surface area contributed by atoms with Crippen LogP contribution >= 0.6 is 0 Å². The van der Waals surface area contributed by atoms with Gasteiger partial charge in [0.05, 0.1) is 12.4 Å². The standard InChI is InChI=1S/C9H12N4/c1-3-13-4-2-9(1,7-13)8-5-10-12-11-6-8/h5-6H,1-4,7H2. The Labute approximate surface area is 77.0 Å². The summed E-state index contributed by atoms with van der Waals surface area (Å²) in [6, 6.07) is 0. The summed E-state index contributed by atoms with van der Waals surface area (Å²) in [7, 11) is 0. The summed E-state index contributed by atoms with van der Waals surface area (Å²) in [6.07, 6.45) is 6.28. The van der Waals surface area contributed by atoms with E-state index < -0.39 is 0 Å². The van der Waals surface area contributed by atoms with Gasteiger partial charge in [-0.15, -0.1) is 10.2 Å². The van der Waals surface area contributed by atoms with Gasteiger partial charge in [-0.05, 0) is 31.1 Å². The topological polar surface area (TPSA) is 41.9 Å². The lowest BCUT2D eigenvalue weighted by atomic mass is 9.79. The molecule has 2 bridgehead atoms. The van der Waals surface area contributed by atoms with E-state index in [-0.39, 0.29) is 0 Å².